The molecule has 1 atom stereocenters. The molecule has 1 heterocycles. The first-order chi connectivity index (χ1) is 12.2. The monoisotopic (exact) mass is 479 g/mol. The Morgan fingerprint density at radius 2 is 1.88 bits per heavy atom. The number of aliphatic imine (C=N–C) groups is 1. The summed E-state index contributed by atoms with van der Waals surface area (Å²) in [6.45, 7) is 5.56. The Balaban J connectivity index is 0.00000338. The summed E-state index contributed by atoms with van der Waals surface area (Å²) in [5, 5.41) is 12.9. The van der Waals surface area contributed by atoms with Crippen LogP contribution in [0, 0.1) is 0 Å². The number of aliphatic hydroxyl groups excluding tert-OH is 1. The summed E-state index contributed by atoms with van der Waals surface area (Å²) in [6, 6.07) is 5.48. The summed E-state index contributed by atoms with van der Waals surface area (Å²) >= 11 is 0. The molecule has 1 aromatic rings. The van der Waals surface area contributed by atoms with E-state index in [1.54, 1.807) is 14.2 Å². The van der Waals surface area contributed by atoms with E-state index in [4.69, 9.17) is 14.2 Å². The molecule has 2 N–H and O–H groups in total. The minimum atomic E-state index is -0.254. The molecule has 0 unspecified atom stereocenters. The van der Waals surface area contributed by atoms with Gasteiger partial charge >= 0.3 is 0 Å². The van der Waals surface area contributed by atoms with Gasteiger partial charge in [0.25, 0.3) is 0 Å². The van der Waals surface area contributed by atoms with Crippen molar-refractivity contribution in [3.8, 4) is 17.2 Å². The van der Waals surface area contributed by atoms with Crippen LogP contribution in [0.2, 0.25) is 0 Å². The second kappa shape index (κ2) is 12.1. The van der Waals surface area contributed by atoms with Gasteiger partial charge in [0, 0.05) is 50.8 Å². The maximum absolute atomic E-state index is 9.67. The number of methoxy groups -OCH3 is 2. The largest absolute Gasteiger partial charge is 0.496 e. The highest BCUT2D eigenvalue weighted by molar-refractivity contribution is 14.0. The van der Waals surface area contributed by atoms with Crippen molar-refractivity contribution >= 4 is 29.9 Å². The van der Waals surface area contributed by atoms with Crippen molar-refractivity contribution in [2.75, 3.05) is 47.0 Å². The van der Waals surface area contributed by atoms with Crippen molar-refractivity contribution in [3.05, 3.63) is 18.2 Å². The highest BCUT2D eigenvalue weighted by Crippen LogP contribution is 2.27. The van der Waals surface area contributed by atoms with E-state index in [0.29, 0.717) is 31.2 Å². The number of nitrogens with zero attached hydrogens (tertiary/aromatic N) is 2. The average molecular weight is 479 g/mol. The van der Waals surface area contributed by atoms with Gasteiger partial charge in [0.05, 0.1) is 26.9 Å². The molecule has 0 aliphatic carbocycles. The smallest absolute Gasteiger partial charge is 0.194 e. The van der Waals surface area contributed by atoms with Crippen LogP contribution in [-0.2, 0) is 0 Å². The van der Waals surface area contributed by atoms with E-state index in [1.807, 2.05) is 25.1 Å². The van der Waals surface area contributed by atoms with Crippen LogP contribution in [0.3, 0.4) is 0 Å². The zero-order chi connectivity index (χ0) is 18.1. The second-order valence-electron chi connectivity index (χ2n) is 5.87. The summed E-state index contributed by atoms with van der Waals surface area (Å²) in [6.07, 6.45) is 1.34. The zero-order valence-electron chi connectivity index (χ0n) is 15.7. The quantitative estimate of drug-likeness (QED) is 0.258. The predicted octanol–water partition coefficient (Wildman–Crippen LogP) is 2.12. The van der Waals surface area contributed by atoms with Crippen molar-refractivity contribution in [2.24, 2.45) is 4.99 Å². The van der Waals surface area contributed by atoms with Crippen molar-refractivity contribution in [2.45, 2.75) is 25.9 Å². The molecule has 1 saturated heterocycles. The molecule has 0 radical (unpaired) electrons. The maximum atomic E-state index is 9.67. The lowest BCUT2D eigenvalue weighted by atomic mass is 10.3. The maximum Gasteiger partial charge on any atom is 0.194 e. The fourth-order valence-corrected chi connectivity index (χ4v) is 2.66. The van der Waals surface area contributed by atoms with Gasteiger partial charge in [-0.3, -0.25) is 4.99 Å². The topological polar surface area (TPSA) is 75.6 Å². The second-order valence-corrected chi connectivity index (χ2v) is 5.87. The van der Waals surface area contributed by atoms with Gasteiger partial charge in [0.15, 0.2) is 5.96 Å². The average Bonchev–Trinajstić information content (AvgIpc) is 3.06. The van der Waals surface area contributed by atoms with Crippen LogP contribution >= 0.6 is 24.0 Å². The first kappa shape index (κ1) is 22.6. The third-order valence-corrected chi connectivity index (χ3v) is 3.96. The van der Waals surface area contributed by atoms with E-state index in [0.717, 1.165) is 37.6 Å². The molecule has 8 heteroatoms. The number of nitrogens with one attached hydrogen (secondary N) is 1. The fourth-order valence-electron chi connectivity index (χ4n) is 2.66. The molecule has 2 rings (SSSR count). The predicted molar refractivity (Wildman–Crippen MR) is 113 cm³/mol. The number of ether oxygens (including phenoxy) is 3. The number of likely N-dealkylation sites (tertiary alicyclic amines) is 1. The van der Waals surface area contributed by atoms with Gasteiger partial charge in [0.2, 0.25) is 0 Å². The number of hydrogen-bond acceptors (Lipinski definition) is 5. The van der Waals surface area contributed by atoms with Crippen LogP contribution in [0.15, 0.2) is 23.2 Å². The number of halogens is 1. The molecular formula is C18H30IN3O4. The van der Waals surface area contributed by atoms with Gasteiger partial charge in [0.1, 0.15) is 17.2 Å². The Morgan fingerprint density at radius 3 is 2.42 bits per heavy atom. The molecule has 0 aromatic heterocycles. The van der Waals surface area contributed by atoms with Gasteiger partial charge in [-0.05, 0) is 13.3 Å². The summed E-state index contributed by atoms with van der Waals surface area (Å²) in [7, 11) is 3.23. The molecule has 0 spiro atoms. The van der Waals surface area contributed by atoms with Crippen LogP contribution in [-0.4, -0.2) is 69.1 Å². The Kier molecular flexibility index (Phi) is 10.5. The Labute approximate surface area is 172 Å². The van der Waals surface area contributed by atoms with Crippen LogP contribution < -0.4 is 19.5 Å². The Bertz CT molecular complexity index is 549. The number of aliphatic hydroxyl groups is 1. The molecule has 1 fully saturated rings. The third kappa shape index (κ3) is 7.06. The molecule has 0 saturated carbocycles. The van der Waals surface area contributed by atoms with E-state index in [1.165, 1.54) is 0 Å². The van der Waals surface area contributed by atoms with Crippen LogP contribution in [0.5, 0.6) is 17.2 Å². The number of guanidine groups is 1. The van der Waals surface area contributed by atoms with E-state index >= 15 is 0 Å². The minimum Gasteiger partial charge on any atom is -0.496 e. The molecule has 1 aromatic carbocycles. The van der Waals surface area contributed by atoms with Crippen molar-refractivity contribution < 1.29 is 19.3 Å². The summed E-state index contributed by atoms with van der Waals surface area (Å²) in [4.78, 5) is 6.72. The van der Waals surface area contributed by atoms with Gasteiger partial charge in [-0.1, -0.05) is 0 Å². The molecule has 1 aliphatic heterocycles. The summed E-state index contributed by atoms with van der Waals surface area (Å²) in [5.74, 6) is 2.99. The van der Waals surface area contributed by atoms with Crippen molar-refractivity contribution in [3.63, 3.8) is 0 Å². The highest BCUT2D eigenvalue weighted by Gasteiger charge is 2.22. The molecule has 26 heavy (non-hydrogen) atoms. The molecule has 0 amide bonds. The first-order valence-electron chi connectivity index (χ1n) is 8.73. The lowest BCUT2D eigenvalue weighted by Crippen LogP contribution is -2.40. The number of β-amino-alcohol motifs (C(OH)–C–C–N with tert-alkyl or cyclic N) is 1. The molecule has 7 nitrogen and oxygen atoms in total. The van der Waals surface area contributed by atoms with Gasteiger partial charge < -0.3 is 29.5 Å². The lowest BCUT2D eigenvalue weighted by molar-refractivity contribution is 0.187. The van der Waals surface area contributed by atoms with Crippen LogP contribution in [0.4, 0.5) is 0 Å². The van der Waals surface area contributed by atoms with Gasteiger partial charge in [-0.2, -0.15) is 0 Å². The van der Waals surface area contributed by atoms with Crippen LogP contribution in [0.1, 0.15) is 19.8 Å². The van der Waals surface area contributed by atoms with E-state index in [9.17, 15) is 5.11 Å². The zero-order valence-corrected chi connectivity index (χ0v) is 18.1. The lowest BCUT2D eigenvalue weighted by Gasteiger charge is -2.20. The van der Waals surface area contributed by atoms with Gasteiger partial charge in [-0.25, -0.2) is 0 Å². The Morgan fingerprint density at radius 1 is 1.23 bits per heavy atom. The molecule has 0 bridgehead atoms. The number of rotatable bonds is 8. The molecule has 148 valence electrons. The van der Waals surface area contributed by atoms with Gasteiger partial charge in [-0.15, -0.1) is 24.0 Å². The molecular weight excluding hydrogens is 449 g/mol. The summed E-state index contributed by atoms with van der Waals surface area (Å²) in [5.41, 5.74) is 0. The third-order valence-electron chi connectivity index (χ3n) is 3.96. The van der Waals surface area contributed by atoms with E-state index in [2.05, 4.69) is 15.2 Å². The number of hydrogen-bond donors (Lipinski definition) is 2. The SMILES string of the molecule is CCNC(=NCCCOc1cc(OC)cc(OC)c1)N1CC[C@@H](O)C1.I. The summed E-state index contributed by atoms with van der Waals surface area (Å²) < 4.78 is 16.2. The van der Waals surface area contributed by atoms with E-state index < -0.39 is 0 Å². The standard InChI is InChI=1S/C18H29N3O4.HI/c1-4-19-18(21-8-6-14(22)13-21)20-7-5-9-25-17-11-15(23-2)10-16(12-17)24-3;/h10-12,14,22H,4-9,13H2,1-3H3,(H,19,20);1H/t14-;/m1./s1. The minimum absolute atomic E-state index is 0. The van der Waals surface area contributed by atoms with Crippen molar-refractivity contribution in [1.82, 2.24) is 10.2 Å². The first-order valence-corrected chi connectivity index (χ1v) is 8.73. The number of benzene rings is 1. The normalized spacial score (nSPS) is 16.8. The fraction of sp³-hybridized carbons (Fsp3) is 0.611. The van der Waals surface area contributed by atoms with Crippen molar-refractivity contribution in [1.29, 1.82) is 0 Å². The molecule has 1 aliphatic rings. The van der Waals surface area contributed by atoms with E-state index in [-0.39, 0.29) is 30.1 Å². The Hall–Kier alpha value is -1.42. The van der Waals surface area contributed by atoms with Crippen LogP contribution in [0.25, 0.3) is 0 Å². The highest BCUT2D eigenvalue weighted by atomic mass is 127.